The van der Waals surface area contributed by atoms with Crippen molar-refractivity contribution in [1.82, 2.24) is 9.80 Å². The maximum atomic E-state index is 5.92. The Bertz CT molecular complexity index is 417. The lowest BCUT2D eigenvalue weighted by molar-refractivity contribution is 0.145. The zero-order valence-electron chi connectivity index (χ0n) is 14.1. The average molecular weight is 306 g/mol. The number of hydrogen-bond acceptors (Lipinski definition) is 4. The Balaban J connectivity index is 1.68. The molecule has 0 unspecified atom stereocenters. The van der Waals surface area contributed by atoms with Crippen LogP contribution in [-0.2, 0) is 0 Å². The Morgan fingerprint density at radius 1 is 0.909 bits per heavy atom. The first-order valence-corrected chi connectivity index (χ1v) is 8.55. The number of nitrogens with zero attached hydrogens (tertiary/aromatic N) is 2. The first-order chi connectivity index (χ1) is 10.8. The van der Waals surface area contributed by atoms with Gasteiger partial charge in [-0.05, 0) is 32.0 Å². The van der Waals surface area contributed by atoms with Crippen LogP contribution in [0, 0.1) is 0 Å². The van der Waals surface area contributed by atoms with Crippen LogP contribution in [0.15, 0.2) is 24.3 Å². The van der Waals surface area contributed by atoms with Crippen LogP contribution in [0.4, 0.5) is 0 Å². The molecular weight excluding hydrogens is 276 g/mol. The molecule has 0 bridgehead atoms. The van der Waals surface area contributed by atoms with Crippen LogP contribution in [0.1, 0.15) is 26.2 Å². The molecule has 1 saturated heterocycles. The summed E-state index contributed by atoms with van der Waals surface area (Å²) in [5, 5.41) is 0. The lowest BCUT2D eigenvalue weighted by atomic mass is 10.3. The van der Waals surface area contributed by atoms with Crippen molar-refractivity contribution >= 4 is 0 Å². The zero-order valence-corrected chi connectivity index (χ0v) is 14.1. The van der Waals surface area contributed by atoms with E-state index in [4.69, 9.17) is 9.47 Å². The number of unbranched alkanes of at least 4 members (excludes halogenated alkanes) is 1. The van der Waals surface area contributed by atoms with Crippen LogP contribution in [0.25, 0.3) is 0 Å². The molecule has 2 rings (SSSR count). The molecule has 0 amide bonds. The van der Waals surface area contributed by atoms with Crippen molar-refractivity contribution in [2.75, 3.05) is 53.0 Å². The summed E-state index contributed by atoms with van der Waals surface area (Å²) in [5.74, 6) is 1.74. The highest BCUT2D eigenvalue weighted by atomic mass is 16.5. The van der Waals surface area contributed by atoms with Crippen LogP contribution in [0.3, 0.4) is 0 Å². The normalized spacial score (nSPS) is 16.6. The third-order valence-corrected chi connectivity index (χ3v) is 4.08. The van der Waals surface area contributed by atoms with Crippen LogP contribution in [0.5, 0.6) is 11.5 Å². The fourth-order valence-electron chi connectivity index (χ4n) is 2.56. The second-order valence-corrected chi connectivity index (χ2v) is 6.00. The third-order valence-electron chi connectivity index (χ3n) is 4.08. The summed E-state index contributed by atoms with van der Waals surface area (Å²) in [7, 11) is 2.19. The van der Waals surface area contributed by atoms with Gasteiger partial charge < -0.3 is 19.3 Å². The minimum atomic E-state index is 0.750. The maximum Gasteiger partial charge on any atom is 0.161 e. The van der Waals surface area contributed by atoms with Crippen LogP contribution in [-0.4, -0.2) is 62.8 Å². The third kappa shape index (κ3) is 5.85. The van der Waals surface area contributed by atoms with Gasteiger partial charge in [0.05, 0.1) is 13.2 Å². The Morgan fingerprint density at radius 3 is 2.09 bits per heavy atom. The molecule has 0 radical (unpaired) electrons. The van der Waals surface area contributed by atoms with Gasteiger partial charge in [-0.3, -0.25) is 0 Å². The van der Waals surface area contributed by atoms with E-state index >= 15 is 0 Å². The van der Waals surface area contributed by atoms with Crippen molar-refractivity contribution in [1.29, 1.82) is 0 Å². The summed E-state index contributed by atoms with van der Waals surface area (Å²) in [4.78, 5) is 4.91. The van der Waals surface area contributed by atoms with Gasteiger partial charge in [0.1, 0.15) is 0 Å². The summed E-state index contributed by atoms with van der Waals surface area (Å²) >= 11 is 0. The number of piperazine rings is 1. The maximum absolute atomic E-state index is 5.92. The standard InChI is InChI=1S/C18H30N2O2/c1-3-4-15-21-17-8-5-6-9-18(17)22-16-7-10-20-13-11-19(2)12-14-20/h5-6,8-9H,3-4,7,10-16H2,1-2H3. The molecule has 0 N–H and O–H groups in total. The van der Waals surface area contributed by atoms with Crippen LogP contribution < -0.4 is 9.47 Å². The second-order valence-electron chi connectivity index (χ2n) is 6.00. The van der Waals surface area contributed by atoms with E-state index in [0.29, 0.717) is 0 Å². The molecule has 1 aliphatic rings. The molecule has 1 heterocycles. The van der Waals surface area contributed by atoms with Gasteiger partial charge in [-0.15, -0.1) is 0 Å². The SMILES string of the molecule is CCCCOc1ccccc1OCCCN1CCN(C)CC1. The van der Waals surface area contributed by atoms with Crippen molar-refractivity contribution in [3.63, 3.8) is 0 Å². The van der Waals surface area contributed by atoms with E-state index in [1.807, 2.05) is 24.3 Å². The molecular formula is C18H30N2O2. The summed E-state index contributed by atoms with van der Waals surface area (Å²) in [5.41, 5.74) is 0. The molecule has 1 fully saturated rings. The Kier molecular flexibility index (Phi) is 7.54. The molecule has 0 aliphatic carbocycles. The molecule has 1 aliphatic heterocycles. The lowest BCUT2D eigenvalue weighted by Gasteiger charge is -2.32. The Hall–Kier alpha value is -1.26. The number of ether oxygens (including phenoxy) is 2. The average Bonchev–Trinajstić information content (AvgIpc) is 2.55. The predicted molar refractivity (Wildman–Crippen MR) is 90.9 cm³/mol. The van der Waals surface area contributed by atoms with Gasteiger partial charge in [0.25, 0.3) is 0 Å². The highest BCUT2D eigenvalue weighted by Crippen LogP contribution is 2.26. The van der Waals surface area contributed by atoms with E-state index in [2.05, 4.69) is 23.8 Å². The fraction of sp³-hybridized carbons (Fsp3) is 0.667. The van der Waals surface area contributed by atoms with Crippen molar-refractivity contribution in [3.8, 4) is 11.5 Å². The van der Waals surface area contributed by atoms with E-state index in [1.165, 1.54) is 26.2 Å². The summed E-state index contributed by atoms with van der Waals surface area (Å²) in [6.07, 6.45) is 3.29. The molecule has 22 heavy (non-hydrogen) atoms. The first kappa shape index (κ1) is 17.1. The molecule has 1 aromatic rings. The highest BCUT2D eigenvalue weighted by molar-refractivity contribution is 5.39. The molecule has 124 valence electrons. The minimum Gasteiger partial charge on any atom is -0.490 e. The van der Waals surface area contributed by atoms with Gasteiger partial charge in [0.2, 0.25) is 0 Å². The molecule has 0 aromatic heterocycles. The molecule has 1 aromatic carbocycles. The van der Waals surface area contributed by atoms with E-state index in [9.17, 15) is 0 Å². The van der Waals surface area contributed by atoms with Gasteiger partial charge in [-0.2, -0.15) is 0 Å². The summed E-state index contributed by atoms with van der Waals surface area (Å²) in [6.45, 7) is 9.50. The van der Waals surface area contributed by atoms with Crippen molar-refractivity contribution in [3.05, 3.63) is 24.3 Å². The van der Waals surface area contributed by atoms with E-state index in [0.717, 1.165) is 50.5 Å². The van der Waals surface area contributed by atoms with Crippen molar-refractivity contribution in [2.45, 2.75) is 26.2 Å². The van der Waals surface area contributed by atoms with Crippen molar-refractivity contribution < 1.29 is 9.47 Å². The largest absolute Gasteiger partial charge is 0.490 e. The number of hydrogen-bond donors (Lipinski definition) is 0. The van der Waals surface area contributed by atoms with E-state index < -0.39 is 0 Å². The summed E-state index contributed by atoms with van der Waals surface area (Å²) in [6, 6.07) is 7.99. The Morgan fingerprint density at radius 2 is 1.50 bits per heavy atom. The van der Waals surface area contributed by atoms with Gasteiger partial charge in [-0.25, -0.2) is 0 Å². The fourth-order valence-corrected chi connectivity index (χ4v) is 2.56. The topological polar surface area (TPSA) is 24.9 Å². The highest BCUT2D eigenvalue weighted by Gasteiger charge is 2.13. The number of likely N-dealkylation sites (N-methyl/N-ethyl adjacent to an activating group) is 1. The monoisotopic (exact) mass is 306 g/mol. The second kappa shape index (κ2) is 9.70. The van der Waals surface area contributed by atoms with Crippen LogP contribution >= 0.6 is 0 Å². The van der Waals surface area contributed by atoms with E-state index in [1.54, 1.807) is 0 Å². The molecule has 0 spiro atoms. The number of rotatable bonds is 9. The minimum absolute atomic E-state index is 0.750. The smallest absolute Gasteiger partial charge is 0.161 e. The van der Waals surface area contributed by atoms with Gasteiger partial charge in [-0.1, -0.05) is 25.5 Å². The first-order valence-electron chi connectivity index (χ1n) is 8.55. The number of benzene rings is 1. The lowest BCUT2D eigenvalue weighted by Crippen LogP contribution is -2.44. The zero-order chi connectivity index (χ0) is 15.6. The number of para-hydroxylation sites is 2. The quantitative estimate of drug-likeness (QED) is 0.655. The van der Waals surface area contributed by atoms with Gasteiger partial charge in [0, 0.05) is 32.7 Å². The molecule has 4 nitrogen and oxygen atoms in total. The molecule has 4 heteroatoms. The molecule has 0 saturated carbocycles. The predicted octanol–water partition coefficient (Wildman–Crippen LogP) is 2.88. The van der Waals surface area contributed by atoms with E-state index in [-0.39, 0.29) is 0 Å². The molecule has 0 atom stereocenters. The van der Waals surface area contributed by atoms with Gasteiger partial charge in [0.15, 0.2) is 11.5 Å². The Labute approximate surface area is 135 Å². The van der Waals surface area contributed by atoms with Crippen LogP contribution in [0.2, 0.25) is 0 Å². The van der Waals surface area contributed by atoms with Crippen molar-refractivity contribution in [2.24, 2.45) is 0 Å². The van der Waals surface area contributed by atoms with Gasteiger partial charge >= 0.3 is 0 Å². The summed E-state index contributed by atoms with van der Waals surface area (Å²) < 4.78 is 11.7.